The Morgan fingerprint density at radius 2 is 1.74 bits per heavy atom. The number of hydrogen-bond acceptors (Lipinski definition) is 3. The van der Waals surface area contributed by atoms with Crippen LogP contribution in [0.3, 0.4) is 0 Å². The van der Waals surface area contributed by atoms with Crippen LogP contribution in [-0.4, -0.2) is 29.1 Å². The molecule has 0 bridgehead atoms. The molecule has 0 aliphatic carbocycles. The lowest BCUT2D eigenvalue weighted by Crippen LogP contribution is -2.42. The molecule has 0 saturated carbocycles. The lowest BCUT2D eigenvalue weighted by molar-refractivity contribution is 0.135. The number of amides is 1. The van der Waals surface area contributed by atoms with Crippen LogP contribution in [0.25, 0.3) is 10.9 Å². The summed E-state index contributed by atoms with van der Waals surface area (Å²) in [4.78, 5) is 18.6. The Morgan fingerprint density at radius 1 is 1.03 bits per heavy atom. The molecule has 1 unspecified atom stereocenters. The van der Waals surface area contributed by atoms with Crippen molar-refractivity contribution in [1.82, 2.24) is 9.88 Å². The van der Waals surface area contributed by atoms with Crippen molar-refractivity contribution in [3.05, 3.63) is 93.6 Å². The Balaban J connectivity index is 1.51. The highest BCUT2D eigenvalue weighted by molar-refractivity contribution is 6.31. The first-order valence-electron chi connectivity index (χ1n) is 11.2. The van der Waals surface area contributed by atoms with E-state index in [0.29, 0.717) is 41.8 Å². The van der Waals surface area contributed by atoms with Crippen molar-refractivity contribution < 1.29 is 14.3 Å². The quantitative estimate of drug-likeness (QED) is 0.234. The van der Waals surface area contributed by atoms with Crippen molar-refractivity contribution in [3.8, 4) is 23.8 Å². The largest absolute Gasteiger partial charge is 0.493 e. The smallest absolute Gasteiger partial charge is 0.416 e. The third-order valence-electron chi connectivity index (χ3n) is 6.05. The molecular weight excluding hydrogens is 483 g/mol. The normalized spacial score (nSPS) is 14.9. The van der Waals surface area contributed by atoms with Gasteiger partial charge in [-0.1, -0.05) is 35.3 Å². The molecule has 1 aromatic heterocycles. The van der Waals surface area contributed by atoms with Crippen LogP contribution in [0.4, 0.5) is 4.79 Å². The first-order valence-corrected chi connectivity index (χ1v) is 12.0. The lowest BCUT2D eigenvalue weighted by Gasteiger charge is -2.35. The first-order chi connectivity index (χ1) is 17.0. The van der Waals surface area contributed by atoms with Gasteiger partial charge in [-0.3, -0.25) is 4.90 Å². The van der Waals surface area contributed by atoms with Gasteiger partial charge in [0, 0.05) is 39.6 Å². The Hall–Kier alpha value is -3.59. The van der Waals surface area contributed by atoms with E-state index in [2.05, 4.69) is 10.9 Å². The molecule has 35 heavy (non-hydrogen) atoms. The maximum Gasteiger partial charge on any atom is 0.416 e. The predicted octanol–water partition coefficient (Wildman–Crippen LogP) is 7.02. The second-order valence-electron chi connectivity index (χ2n) is 8.25. The number of ether oxygens (including phenoxy) is 2. The average Bonchev–Trinajstić information content (AvgIpc) is 3.23. The number of nitrogens with one attached hydrogen (secondary N) is 1. The van der Waals surface area contributed by atoms with Gasteiger partial charge in [-0.25, -0.2) is 4.79 Å². The zero-order valence-electron chi connectivity index (χ0n) is 18.8. The second kappa shape index (κ2) is 9.95. The molecule has 1 atom stereocenters. The number of carbonyl (C=O) groups excluding carboxylic acids is 1. The summed E-state index contributed by atoms with van der Waals surface area (Å²) < 4.78 is 11.4. The van der Waals surface area contributed by atoms with E-state index in [4.69, 9.17) is 39.1 Å². The molecule has 5 nitrogen and oxygen atoms in total. The SMILES string of the molecule is C#CCCOc1ccc(C2c3[nH]c4ccc(Cl)cc4c3CCN2C(=O)Oc2ccc(Cl)cc2)cc1. The van der Waals surface area contributed by atoms with E-state index in [-0.39, 0.29) is 6.04 Å². The molecule has 4 aromatic rings. The molecule has 1 aliphatic rings. The van der Waals surface area contributed by atoms with Crippen molar-refractivity contribution in [3.63, 3.8) is 0 Å². The van der Waals surface area contributed by atoms with E-state index >= 15 is 0 Å². The Kier molecular flexibility index (Phi) is 6.59. The van der Waals surface area contributed by atoms with Crippen LogP contribution >= 0.6 is 23.2 Å². The monoisotopic (exact) mass is 504 g/mol. The van der Waals surface area contributed by atoms with Crippen LogP contribution in [0.1, 0.15) is 29.3 Å². The Bertz CT molecular complexity index is 1410. The van der Waals surface area contributed by atoms with Gasteiger partial charge in [0.2, 0.25) is 0 Å². The zero-order chi connectivity index (χ0) is 24.4. The van der Waals surface area contributed by atoms with Crippen molar-refractivity contribution >= 4 is 40.2 Å². The number of carbonyl (C=O) groups is 1. The predicted molar refractivity (Wildman–Crippen MR) is 138 cm³/mol. The first kappa shape index (κ1) is 23.2. The number of H-pyrrole nitrogens is 1. The summed E-state index contributed by atoms with van der Waals surface area (Å²) in [6.07, 6.45) is 6.09. The van der Waals surface area contributed by atoms with Gasteiger partial charge in [0.15, 0.2) is 0 Å². The third-order valence-corrected chi connectivity index (χ3v) is 6.54. The highest BCUT2D eigenvalue weighted by Gasteiger charge is 2.35. The minimum atomic E-state index is -0.436. The van der Waals surface area contributed by atoms with Gasteiger partial charge in [-0.15, -0.1) is 12.3 Å². The van der Waals surface area contributed by atoms with Crippen LogP contribution in [0, 0.1) is 12.3 Å². The van der Waals surface area contributed by atoms with E-state index in [9.17, 15) is 4.79 Å². The minimum Gasteiger partial charge on any atom is -0.493 e. The highest BCUT2D eigenvalue weighted by Crippen LogP contribution is 2.40. The zero-order valence-corrected chi connectivity index (χ0v) is 20.3. The van der Waals surface area contributed by atoms with Gasteiger partial charge in [0.05, 0.1) is 6.61 Å². The van der Waals surface area contributed by atoms with E-state index in [0.717, 1.165) is 33.5 Å². The van der Waals surface area contributed by atoms with Crippen LogP contribution in [-0.2, 0) is 6.42 Å². The lowest BCUT2D eigenvalue weighted by atomic mass is 9.92. The van der Waals surface area contributed by atoms with E-state index < -0.39 is 6.09 Å². The highest BCUT2D eigenvalue weighted by atomic mass is 35.5. The number of fused-ring (bicyclic) bond motifs is 3. The molecule has 1 amide bonds. The van der Waals surface area contributed by atoms with E-state index in [1.165, 1.54) is 0 Å². The van der Waals surface area contributed by atoms with Crippen molar-refractivity contribution in [2.45, 2.75) is 18.9 Å². The Labute approximate surface area is 213 Å². The third kappa shape index (κ3) is 4.81. The summed E-state index contributed by atoms with van der Waals surface area (Å²) >= 11 is 12.3. The Morgan fingerprint density at radius 3 is 2.49 bits per heavy atom. The molecule has 0 saturated heterocycles. The number of terminal acetylenes is 1. The fourth-order valence-electron chi connectivity index (χ4n) is 4.44. The molecule has 0 fully saturated rings. The van der Waals surface area contributed by atoms with Crippen LogP contribution < -0.4 is 9.47 Å². The van der Waals surface area contributed by atoms with Gasteiger partial charge in [-0.05, 0) is 72.1 Å². The van der Waals surface area contributed by atoms with E-state index in [1.807, 2.05) is 42.5 Å². The number of nitrogens with zero attached hydrogens (tertiary/aromatic N) is 1. The van der Waals surface area contributed by atoms with Gasteiger partial charge in [0.25, 0.3) is 0 Å². The second-order valence-corrected chi connectivity index (χ2v) is 9.12. The summed E-state index contributed by atoms with van der Waals surface area (Å²) in [6.45, 7) is 0.940. The summed E-state index contributed by atoms with van der Waals surface area (Å²) in [7, 11) is 0. The number of rotatable bonds is 5. The summed E-state index contributed by atoms with van der Waals surface area (Å²) in [5.41, 5.74) is 4.01. The van der Waals surface area contributed by atoms with Gasteiger partial charge in [0.1, 0.15) is 17.5 Å². The molecule has 176 valence electrons. The molecule has 0 spiro atoms. The molecule has 2 heterocycles. The maximum absolute atomic E-state index is 13.3. The molecule has 1 N–H and O–H groups in total. The van der Waals surface area contributed by atoms with Gasteiger partial charge >= 0.3 is 6.09 Å². The number of benzene rings is 3. The number of aromatic amines is 1. The molecule has 1 aliphatic heterocycles. The van der Waals surface area contributed by atoms with E-state index in [1.54, 1.807) is 29.2 Å². The fourth-order valence-corrected chi connectivity index (χ4v) is 4.74. The number of aromatic nitrogens is 1. The topological polar surface area (TPSA) is 54.6 Å². The van der Waals surface area contributed by atoms with Crippen molar-refractivity contribution in [2.24, 2.45) is 0 Å². The molecule has 5 rings (SSSR count). The fraction of sp³-hybridized carbons (Fsp3) is 0.179. The number of hydrogen-bond donors (Lipinski definition) is 1. The summed E-state index contributed by atoms with van der Waals surface area (Å²) in [5.74, 6) is 3.72. The molecule has 7 heteroatoms. The molecular formula is C28H22Cl2N2O3. The average molecular weight is 505 g/mol. The van der Waals surface area contributed by atoms with Crippen LogP contribution in [0.5, 0.6) is 11.5 Å². The molecule has 0 radical (unpaired) electrons. The minimum absolute atomic E-state index is 0.371. The maximum atomic E-state index is 13.3. The molecule has 3 aromatic carbocycles. The van der Waals surface area contributed by atoms with Crippen molar-refractivity contribution in [1.29, 1.82) is 0 Å². The van der Waals surface area contributed by atoms with Gasteiger partial charge < -0.3 is 14.5 Å². The van der Waals surface area contributed by atoms with Gasteiger partial charge in [-0.2, -0.15) is 0 Å². The van der Waals surface area contributed by atoms with Crippen LogP contribution in [0.15, 0.2) is 66.7 Å². The van der Waals surface area contributed by atoms with Crippen LogP contribution in [0.2, 0.25) is 10.0 Å². The van der Waals surface area contributed by atoms with Crippen molar-refractivity contribution in [2.75, 3.05) is 13.2 Å². The number of halogens is 2. The standard InChI is InChI=1S/C28H22Cl2N2O3/c1-2-3-16-34-21-9-4-18(5-10-21)27-26-23(24-17-20(30)8-13-25(24)31-26)14-15-32(27)28(33)35-22-11-6-19(29)7-12-22/h1,4-13,17,27,31H,3,14-16H2. The summed E-state index contributed by atoms with van der Waals surface area (Å²) in [6, 6.07) is 19.9. The summed E-state index contributed by atoms with van der Waals surface area (Å²) in [5, 5.41) is 2.32.